The molecular formula is C17H34N4O. The van der Waals surface area contributed by atoms with Crippen molar-refractivity contribution in [2.24, 2.45) is 22.1 Å². The van der Waals surface area contributed by atoms with Gasteiger partial charge in [0.1, 0.15) is 0 Å². The molecule has 0 bridgehead atoms. The second-order valence-corrected chi connectivity index (χ2v) is 7.39. The molecule has 2 rings (SSSR count). The number of aliphatic imine (C=N–C) groups is 1. The molecule has 5 nitrogen and oxygen atoms in total. The Bertz CT molecular complexity index is 347. The van der Waals surface area contributed by atoms with E-state index in [1.807, 2.05) is 0 Å². The predicted octanol–water partition coefficient (Wildman–Crippen LogP) is 1.83. The molecule has 0 unspecified atom stereocenters. The van der Waals surface area contributed by atoms with E-state index in [4.69, 9.17) is 10.5 Å². The van der Waals surface area contributed by atoms with Gasteiger partial charge in [-0.3, -0.25) is 9.89 Å². The number of hydrogen-bond donors (Lipinski definition) is 2. The highest BCUT2D eigenvalue weighted by Gasteiger charge is 2.37. The Balaban J connectivity index is 1.60. The Morgan fingerprint density at radius 3 is 2.64 bits per heavy atom. The van der Waals surface area contributed by atoms with E-state index in [0.717, 1.165) is 58.3 Å². The Hall–Kier alpha value is -0.810. The molecule has 128 valence electrons. The highest BCUT2D eigenvalue weighted by atomic mass is 16.5. The lowest BCUT2D eigenvalue weighted by atomic mass is 9.64. The van der Waals surface area contributed by atoms with Crippen LogP contribution in [0.4, 0.5) is 0 Å². The summed E-state index contributed by atoms with van der Waals surface area (Å²) in [5.41, 5.74) is 6.45. The van der Waals surface area contributed by atoms with Gasteiger partial charge in [-0.2, -0.15) is 0 Å². The Morgan fingerprint density at radius 2 is 2.05 bits per heavy atom. The summed E-state index contributed by atoms with van der Waals surface area (Å²) in [6.07, 6.45) is 6.38. The molecule has 2 aliphatic rings. The maximum absolute atomic E-state index is 6.02. The van der Waals surface area contributed by atoms with Crippen LogP contribution in [0.15, 0.2) is 4.99 Å². The van der Waals surface area contributed by atoms with E-state index in [2.05, 4.69) is 29.1 Å². The van der Waals surface area contributed by atoms with Crippen LogP contribution >= 0.6 is 0 Å². The summed E-state index contributed by atoms with van der Waals surface area (Å²) in [6.45, 7) is 11.4. The summed E-state index contributed by atoms with van der Waals surface area (Å²) in [7, 11) is 0. The lowest BCUT2D eigenvalue weighted by Crippen LogP contribution is -2.40. The van der Waals surface area contributed by atoms with Crippen LogP contribution in [-0.2, 0) is 4.74 Å². The van der Waals surface area contributed by atoms with E-state index in [9.17, 15) is 0 Å². The molecule has 2 fully saturated rings. The summed E-state index contributed by atoms with van der Waals surface area (Å²) < 4.78 is 5.36. The first kappa shape index (κ1) is 17.5. The zero-order chi connectivity index (χ0) is 15.8. The minimum Gasteiger partial charge on any atom is -0.379 e. The van der Waals surface area contributed by atoms with Gasteiger partial charge in [-0.1, -0.05) is 20.3 Å². The second kappa shape index (κ2) is 8.73. The van der Waals surface area contributed by atoms with Crippen molar-refractivity contribution >= 4 is 5.96 Å². The van der Waals surface area contributed by atoms with Gasteiger partial charge in [0.15, 0.2) is 5.96 Å². The quantitative estimate of drug-likeness (QED) is 0.408. The van der Waals surface area contributed by atoms with E-state index in [1.165, 1.54) is 25.7 Å². The van der Waals surface area contributed by atoms with Gasteiger partial charge in [0, 0.05) is 26.2 Å². The van der Waals surface area contributed by atoms with Gasteiger partial charge in [0.05, 0.1) is 13.2 Å². The molecule has 1 saturated carbocycles. The molecule has 0 radical (unpaired) electrons. The van der Waals surface area contributed by atoms with E-state index in [-0.39, 0.29) is 0 Å². The van der Waals surface area contributed by atoms with Crippen LogP contribution in [0.5, 0.6) is 0 Å². The van der Waals surface area contributed by atoms with E-state index < -0.39 is 0 Å². The minimum absolute atomic E-state index is 0.439. The standard InChI is InChI=1S/C17H34N4O/c1-15(2)13-17(5-3-6-17)14-20-16(18)19-7-4-8-21-9-11-22-12-10-21/h15H,3-14H2,1-2H3,(H3,18,19,20). The van der Waals surface area contributed by atoms with E-state index >= 15 is 0 Å². The van der Waals surface area contributed by atoms with Gasteiger partial charge in [0.25, 0.3) is 0 Å². The van der Waals surface area contributed by atoms with Crippen molar-refractivity contribution in [1.82, 2.24) is 10.2 Å². The second-order valence-electron chi connectivity index (χ2n) is 7.39. The first-order valence-corrected chi connectivity index (χ1v) is 8.94. The van der Waals surface area contributed by atoms with Gasteiger partial charge in [-0.25, -0.2) is 0 Å². The summed E-state index contributed by atoms with van der Waals surface area (Å²) in [5.74, 6) is 1.37. The zero-order valence-corrected chi connectivity index (χ0v) is 14.4. The van der Waals surface area contributed by atoms with Gasteiger partial charge in [0.2, 0.25) is 0 Å². The molecule has 5 heteroatoms. The SMILES string of the molecule is CC(C)CC1(CN=C(N)NCCCN2CCOCC2)CCC1. The molecule has 1 aliphatic heterocycles. The number of morpholine rings is 1. The normalized spacial score (nSPS) is 22.6. The van der Waals surface area contributed by atoms with Gasteiger partial charge >= 0.3 is 0 Å². The lowest BCUT2D eigenvalue weighted by molar-refractivity contribution is 0.0376. The Labute approximate surface area is 135 Å². The van der Waals surface area contributed by atoms with Crippen LogP contribution in [-0.4, -0.2) is 56.8 Å². The van der Waals surface area contributed by atoms with Crippen LogP contribution in [0.2, 0.25) is 0 Å². The van der Waals surface area contributed by atoms with Crippen LogP contribution in [0.25, 0.3) is 0 Å². The molecule has 0 aromatic carbocycles. The van der Waals surface area contributed by atoms with Crippen molar-refractivity contribution in [3.8, 4) is 0 Å². The maximum atomic E-state index is 6.02. The van der Waals surface area contributed by atoms with Gasteiger partial charge in [-0.15, -0.1) is 0 Å². The molecule has 3 N–H and O–H groups in total. The number of nitrogens with one attached hydrogen (secondary N) is 1. The third-order valence-electron chi connectivity index (χ3n) is 4.90. The average Bonchev–Trinajstić information content (AvgIpc) is 2.47. The molecule has 0 aromatic rings. The third kappa shape index (κ3) is 5.76. The molecule has 0 atom stereocenters. The number of rotatable bonds is 8. The molecular weight excluding hydrogens is 276 g/mol. The number of nitrogens with two attached hydrogens (primary N) is 1. The van der Waals surface area contributed by atoms with Crippen molar-refractivity contribution in [3.05, 3.63) is 0 Å². The molecule has 1 aliphatic carbocycles. The minimum atomic E-state index is 0.439. The monoisotopic (exact) mass is 310 g/mol. The first-order chi connectivity index (χ1) is 10.6. The third-order valence-corrected chi connectivity index (χ3v) is 4.90. The molecule has 0 spiro atoms. The van der Waals surface area contributed by atoms with E-state index in [1.54, 1.807) is 0 Å². The van der Waals surface area contributed by atoms with Gasteiger partial charge < -0.3 is 15.8 Å². The summed E-state index contributed by atoms with van der Waals surface area (Å²) in [5, 5.41) is 3.27. The zero-order valence-electron chi connectivity index (χ0n) is 14.4. The fraction of sp³-hybridized carbons (Fsp3) is 0.941. The van der Waals surface area contributed by atoms with Crippen molar-refractivity contribution in [2.45, 2.75) is 46.0 Å². The van der Waals surface area contributed by atoms with Crippen LogP contribution in [0, 0.1) is 11.3 Å². The van der Waals surface area contributed by atoms with Crippen LogP contribution < -0.4 is 11.1 Å². The smallest absolute Gasteiger partial charge is 0.188 e. The number of ether oxygens (including phenoxy) is 1. The summed E-state index contributed by atoms with van der Waals surface area (Å²) in [6, 6.07) is 0. The fourth-order valence-electron chi connectivity index (χ4n) is 3.62. The molecule has 0 aromatic heterocycles. The first-order valence-electron chi connectivity index (χ1n) is 8.94. The predicted molar refractivity (Wildman–Crippen MR) is 92.1 cm³/mol. The molecule has 0 amide bonds. The van der Waals surface area contributed by atoms with Crippen molar-refractivity contribution in [1.29, 1.82) is 0 Å². The molecule has 1 saturated heterocycles. The number of guanidine groups is 1. The van der Waals surface area contributed by atoms with Crippen molar-refractivity contribution in [3.63, 3.8) is 0 Å². The summed E-state index contributed by atoms with van der Waals surface area (Å²) in [4.78, 5) is 7.05. The van der Waals surface area contributed by atoms with E-state index in [0.29, 0.717) is 11.4 Å². The fourth-order valence-corrected chi connectivity index (χ4v) is 3.62. The number of hydrogen-bond acceptors (Lipinski definition) is 3. The topological polar surface area (TPSA) is 62.9 Å². The van der Waals surface area contributed by atoms with Crippen molar-refractivity contribution < 1.29 is 4.74 Å². The van der Waals surface area contributed by atoms with Gasteiger partial charge in [-0.05, 0) is 43.6 Å². The highest BCUT2D eigenvalue weighted by molar-refractivity contribution is 5.77. The Morgan fingerprint density at radius 1 is 1.32 bits per heavy atom. The van der Waals surface area contributed by atoms with Crippen LogP contribution in [0.1, 0.15) is 46.0 Å². The average molecular weight is 310 g/mol. The Kier molecular flexibility index (Phi) is 6.96. The molecule has 22 heavy (non-hydrogen) atoms. The largest absolute Gasteiger partial charge is 0.379 e. The summed E-state index contributed by atoms with van der Waals surface area (Å²) >= 11 is 0. The highest BCUT2D eigenvalue weighted by Crippen LogP contribution is 2.46. The molecule has 1 heterocycles. The van der Waals surface area contributed by atoms with Crippen LogP contribution in [0.3, 0.4) is 0 Å². The number of nitrogens with zero attached hydrogens (tertiary/aromatic N) is 2. The van der Waals surface area contributed by atoms with Crippen molar-refractivity contribution in [2.75, 3.05) is 45.9 Å². The lowest BCUT2D eigenvalue weighted by Gasteiger charge is -2.42. The maximum Gasteiger partial charge on any atom is 0.188 e.